The zero-order valence-electron chi connectivity index (χ0n) is 9.11. The molecule has 82 valence electrons. The predicted molar refractivity (Wildman–Crippen MR) is 60.1 cm³/mol. The zero-order chi connectivity index (χ0) is 10.5. The van der Waals surface area contributed by atoms with Crippen LogP contribution in [0.3, 0.4) is 0 Å². The summed E-state index contributed by atoms with van der Waals surface area (Å²) < 4.78 is 0. The molecule has 1 N–H and O–H groups in total. The van der Waals surface area contributed by atoms with Crippen molar-refractivity contribution in [2.24, 2.45) is 0 Å². The molecule has 5 heteroatoms. The number of aromatic nitrogens is 3. The number of rotatable bonds is 4. The van der Waals surface area contributed by atoms with Crippen molar-refractivity contribution in [1.82, 2.24) is 15.2 Å². The maximum absolute atomic E-state index is 4.43. The smallest absolute Gasteiger partial charge is 0.244 e. The third-order valence-corrected chi connectivity index (χ3v) is 2.51. The quantitative estimate of drug-likeness (QED) is 0.806. The molecule has 0 spiro atoms. The van der Waals surface area contributed by atoms with Gasteiger partial charge in [-0.25, -0.2) is 0 Å². The van der Waals surface area contributed by atoms with Gasteiger partial charge < -0.3 is 10.2 Å². The van der Waals surface area contributed by atoms with Gasteiger partial charge in [0.05, 0.1) is 6.20 Å². The van der Waals surface area contributed by atoms with Crippen molar-refractivity contribution < 1.29 is 0 Å². The van der Waals surface area contributed by atoms with Gasteiger partial charge in [-0.05, 0) is 19.3 Å². The molecule has 0 saturated carbocycles. The monoisotopic (exact) mass is 207 g/mol. The fourth-order valence-corrected chi connectivity index (χ4v) is 1.71. The first-order valence-corrected chi connectivity index (χ1v) is 5.58. The van der Waals surface area contributed by atoms with Gasteiger partial charge in [0.2, 0.25) is 5.95 Å². The van der Waals surface area contributed by atoms with Crippen molar-refractivity contribution in [3.63, 3.8) is 0 Å². The van der Waals surface area contributed by atoms with E-state index in [9.17, 15) is 0 Å². The lowest BCUT2D eigenvalue weighted by Gasteiger charge is -2.15. The molecule has 1 aliphatic rings. The van der Waals surface area contributed by atoms with Crippen molar-refractivity contribution in [3.05, 3.63) is 6.20 Å². The standard InChI is InChI=1S/C10H17N5/c1-2-5-11-10-13-9(8-12-14-10)15-6-3-4-7-15/h8H,2-7H2,1H3,(H,11,13,14). The average Bonchev–Trinajstić information content (AvgIpc) is 2.80. The Labute approximate surface area is 89.9 Å². The second-order valence-corrected chi connectivity index (χ2v) is 3.76. The number of nitrogens with zero attached hydrogens (tertiary/aromatic N) is 4. The SMILES string of the molecule is CCCNc1nncc(N2CCCC2)n1. The van der Waals surface area contributed by atoms with E-state index in [2.05, 4.69) is 32.3 Å². The second-order valence-electron chi connectivity index (χ2n) is 3.76. The van der Waals surface area contributed by atoms with Crippen LogP contribution in [0.2, 0.25) is 0 Å². The summed E-state index contributed by atoms with van der Waals surface area (Å²) in [6.45, 7) is 5.19. The largest absolute Gasteiger partial charge is 0.355 e. The molecule has 0 aromatic carbocycles. The molecule has 0 aliphatic carbocycles. The first-order chi connectivity index (χ1) is 7.40. The predicted octanol–water partition coefficient (Wildman–Crippen LogP) is 1.29. The minimum atomic E-state index is 0.640. The summed E-state index contributed by atoms with van der Waals surface area (Å²) >= 11 is 0. The van der Waals surface area contributed by atoms with Crippen LogP contribution in [-0.2, 0) is 0 Å². The van der Waals surface area contributed by atoms with Crippen LogP contribution in [0.5, 0.6) is 0 Å². The Morgan fingerprint density at radius 1 is 1.40 bits per heavy atom. The Morgan fingerprint density at radius 2 is 2.20 bits per heavy atom. The fourth-order valence-electron chi connectivity index (χ4n) is 1.71. The number of hydrogen-bond donors (Lipinski definition) is 1. The summed E-state index contributed by atoms with van der Waals surface area (Å²) in [5, 5.41) is 11.1. The molecule has 2 rings (SSSR count). The Kier molecular flexibility index (Phi) is 3.32. The molecule has 2 heterocycles. The van der Waals surface area contributed by atoms with Gasteiger partial charge in [-0.2, -0.15) is 10.1 Å². The van der Waals surface area contributed by atoms with Crippen LogP contribution in [0, 0.1) is 0 Å². The van der Waals surface area contributed by atoms with E-state index in [4.69, 9.17) is 0 Å². The van der Waals surface area contributed by atoms with Crippen LogP contribution in [0.15, 0.2) is 6.20 Å². The fraction of sp³-hybridized carbons (Fsp3) is 0.700. The molecule has 0 atom stereocenters. The van der Waals surface area contributed by atoms with Crippen molar-refractivity contribution in [1.29, 1.82) is 0 Å². The van der Waals surface area contributed by atoms with Crippen molar-refractivity contribution in [3.8, 4) is 0 Å². The van der Waals surface area contributed by atoms with Crippen LogP contribution < -0.4 is 10.2 Å². The third-order valence-electron chi connectivity index (χ3n) is 2.51. The molecule has 5 nitrogen and oxygen atoms in total. The summed E-state index contributed by atoms with van der Waals surface area (Å²) in [6, 6.07) is 0. The summed E-state index contributed by atoms with van der Waals surface area (Å²) in [5.74, 6) is 1.59. The van der Waals surface area contributed by atoms with Crippen molar-refractivity contribution in [2.45, 2.75) is 26.2 Å². The number of anilines is 2. The summed E-state index contributed by atoms with van der Waals surface area (Å²) in [7, 11) is 0. The highest BCUT2D eigenvalue weighted by molar-refractivity contribution is 5.40. The Morgan fingerprint density at radius 3 is 2.93 bits per heavy atom. The normalized spacial score (nSPS) is 15.7. The van der Waals surface area contributed by atoms with E-state index in [0.717, 1.165) is 31.9 Å². The van der Waals surface area contributed by atoms with Crippen LogP contribution in [0.25, 0.3) is 0 Å². The molecule has 0 bridgehead atoms. The van der Waals surface area contributed by atoms with E-state index in [1.165, 1.54) is 12.8 Å². The lowest BCUT2D eigenvalue weighted by atomic mass is 10.4. The van der Waals surface area contributed by atoms with Gasteiger partial charge in [0.1, 0.15) is 0 Å². The molecule has 0 radical (unpaired) electrons. The molecule has 1 fully saturated rings. The molecule has 1 aromatic rings. The molecule has 15 heavy (non-hydrogen) atoms. The summed E-state index contributed by atoms with van der Waals surface area (Å²) in [6.07, 6.45) is 5.31. The first-order valence-electron chi connectivity index (χ1n) is 5.58. The Balaban J connectivity index is 2.04. The number of nitrogens with one attached hydrogen (secondary N) is 1. The van der Waals surface area contributed by atoms with Crippen molar-refractivity contribution >= 4 is 11.8 Å². The molecular weight excluding hydrogens is 190 g/mol. The van der Waals surface area contributed by atoms with Crippen LogP contribution >= 0.6 is 0 Å². The molecule has 0 unspecified atom stereocenters. The molecule has 1 aromatic heterocycles. The second kappa shape index (κ2) is 4.91. The van der Waals surface area contributed by atoms with E-state index in [-0.39, 0.29) is 0 Å². The zero-order valence-corrected chi connectivity index (χ0v) is 9.11. The first kappa shape index (κ1) is 10.1. The average molecular weight is 207 g/mol. The summed E-state index contributed by atoms with van der Waals surface area (Å²) in [5.41, 5.74) is 0. The third kappa shape index (κ3) is 2.55. The molecular formula is C10H17N5. The lowest BCUT2D eigenvalue weighted by molar-refractivity contribution is 0.870. The minimum Gasteiger partial charge on any atom is -0.355 e. The van der Waals surface area contributed by atoms with Crippen LogP contribution in [0.1, 0.15) is 26.2 Å². The number of hydrogen-bond acceptors (Lipinski definition) is 5. The van der Waals surface area contributed by atoms with Gasteiger partial charge in [-0.1, -0.05) is 6.92 Å². The van der Waals surface area contributed by atoms with Crippen LogP contribution in [0.4, 0.5) is 11.8 Å². The van der Waals surface area contributed by atoms with E-state index in [1.54, 1.807) is 6.20 Å². The van der Waals surface area contributed by atoms with Gasteiger partial charge >= 0.3 is 0 Å². The topological polar surface area (TPSA) is 53.9 Å². The van der Waals surface area contributed by atoms with Gasteiger partial charge in [0.25, 0.3) is 0 Å². The highest BCUT2D eigenvalue weighted by Gasteiger charge is 2.14. The van der Waals surface area contributed by atoms with Crippen molar-refractivity contribution in [2.75, 3.05) is 29.9 Å². The van der Waals surface area contributed by atoms with Crippen LogP contribution in [-0.4, -0.2) is 34.8 Å². The van der Waals surface area contributed by atoms with Gasteiger partial charge in [-0.15, -0.1) is 5.10 Å². The van der Waals surface area contributed by atoms with E-state index in [0.29, 0.717) is 5.95 Å². The Bertz CT molecular complexity index is 308. The van der Waals surface area contributed by atoms with E-state index >= 15 is 0 Å². The lowest BCUT2D eigenvalue weighted by Crippen LogP contribution is -2.20. The maximum Gasteiger partial charge on any atom is 0.244 e. The molecule has 0 amide bonds. The van der Waals surface area contributed by atoms with E-state index in [1.807, 2.05) is 0 Å². The summed E-state index contributed by atoms with van der Waals surface area (Å²) in [4.78, 5) is 6.69. The Hall–Kier alpha value is -1.39. The molecule has 1 aliphatic heterocycles. The van der Waals surface area contributed by atoms with Gasteiger partial charge in [0, 0.05) is 19.6 Å². The minimum absolute atomic E-state index is 0.640. The highest BCUT2D eigenvalue weighted by Crippen LogP contribution is 2.16. The van der Waals surface area contributed by atoms with Gasteiger partial charge in [0.15, 0.2) is 5.82 Å². The van der Waals surface area contributed by atoms with E-state index < -0.39 is 0 Å². The highest BCUT2D eigenvalue weighted by atomic mass is 15.3. The maximum atomic E-state index is 4.43. The van der Waals surface area contributed by atoms with Gasteiger partial charge in [-0.3, -0.25) is 0 Å². The molecule has 1 saturated heterocycles.